The minimum Gasteiger partial charge on any atom is -0.429 e. The van der Waals surface area contributed by atoms with E-state index < -0.39 is 23.5 Å². The molecule has 0 spiro atoms. The van der Waals surface area contributed by atoms with Crippen LogP contribution in [0.3, 0.4) is 0 Å². The Kier molecular flexibility index (Phi) is 6.34. The van der Waals surface area contributed by atoms with E-state index in [9.17, 15) is 17.6 Å². The van der Waals surface area contributed by atoms with Crippen LogP contribution in [0, 0.1) is 23.5 Å². The highest BCUT2D eigenvalue weighted by Crippen LogP contribution is 2.41. The molecule has 6 heteroatoms. The Labute approximate surface area is 196 Å². The number of benzene rings is 3. The van der Waals surface area contributed by atoms with Crippen molar-refractivity contribution in [3.05, 3.63) is 89.5 Å². The summed E-state index contributed by atoms with van der Waals surface area (Å²) in [6, 6.07) is 16.1. The average molecular weight is 471 g/mol. The summed E-state index contributed by atoms with van der Waals surface area (Å²) in [7, 11) is 0. The third-order valence-electron chi connectivity index (χ3n) is 7.10. The fourth-order valence-electron chi connectivity index (χ4n) is 4.81. The van der Waals surface area contributed by atoms with Crippen LogP contribution >= 0.6 is 0 Å². The van der Waals surface area contributed by atoms with Gasteiger partial charge in [-0.1, -0.05) is 55.7 Å². The van der Waals surface area contributed by atoms with Crippen molar-refractivity contribution < 1.29 is 27.0 Å². The summed E-state index contributed by atoms with van der Waals surface area (Å²) in [5.41, 5.74) is 2.45. The number of alkyl halides is 2. The van der Waals surface area contributed by atoms with Gasteiger partial charge >= 0.3 is 6.11 Å². The molecule has 1 heterocycles. The van der Waals surface area contributed by atoms with Crippen LogP contribution in [0.2, 0.25) is 0 Å². The Morgan fingerprint density at radius 2 is 1.41 bits per heavy atom. The molecule has 1 aliphatic carbocycles. The molecule has 178 valence electrons. The van der Waals surface area contributed by atoms with Crippen molar-refractivity contribution >= 4 is 0 Å². The lowest BCUT2D eigenvalue weighted by atomic mass is 9.73. The Bertz CT molecular complexity index is 1120. The second kappa shape index (κ2) is 9.41. The van der Waals surface area contributed by atoms with Crippen LogP contribution in [0.1, 0.15) is 49.3 Å². The molecular formula is C28H26F4O2. The van der Waals surface area contributed by atoms with Gasteiger partial charge in [0.2, 0.25) is 0 Å². The molecule has 1 saturated heterocycles. The van der Waals surface area contributed by atoms with E-state index in [1.165, 1.54) is 37.8 Å². The van der Waals surface area contributed by atoms with E-state index >= 15 is 0 Å². The fraction of sp³-hybridized carbons (Fsp3) is 0.357. The number of hydrogen-bond donors (Lipinski definition) is 0. The number of ether oxygens (including phenoxy) is 2. The van der Waals surface area contributed by atoms with E-state index in [4.69, 9.17) is 4.74 Å². The van der Waals surface area contributed by atoms with Crippen LogP contribution in [-0.4, -0.2) is 6.61 Å². The van der Waals surface area contributed by atoms with Crippen LogP contribution in [0.15, 0.2) is 66.7 Å². The Morgan fingerprint density at radius 3 is 1.97 bits per heavy atom. The number of halogens is 4. The summed E-state index contributed by atoms with van der Waals surface area (Å²) < 4.78 is 66.2. The third-order valence-corrected chi connectivity index (χ3v) is 7.10. The molecule has 3 aromatic rings. The summed E-state index contributed by atoms with van der Waals surface area (Å²) in [4.78, 5) is 0. The SMILES string of the molecule is Fc1ccc(OC(F)(F)c2ccc(-c3ccc(C4CCC(C5CCC5)CO4)cc3)cc2)cc1F. The first-order valence-electron chi connectivity index (χ1n) is 11.7. The molecule has 5 rings (SSSR count). The monoisotopic (exact) mass is 470 g/mol. The molecular weight excluding hydrogens is 444 g/mol. The normalized spacial score (nSPS) is 21.2. The average Bonchev–Trinajstić information content (AvgIpc) is 2.81. The summed E-state index contributed by atoms with van der Waals surface area (Å²) >= 11 is 0. The van der Waals surface area contributed by atoms with Gasteiger partial charge in [0.1, 0.15) is 5.75 Å². The van der Waals surface area contributed by atoms with Crippen molar-refractivity contribution in [3.8, 4) is 16.9 Å². The molecule has 2 fully saturated rings. The summed E-state index contributed by atoms with van der Waals surface area (Å²) in [6.07, 6.45) is 2.69. The van der Waals surface area contributed by atoms with Gasteiger partial charge in [-0.25, -0.2) is 8.78 Å². The van der Waals surface area contributed by atoms with Gasteiger partial charge < -0.3 is 9.47 Å². The maximum absolute atomic E-state index is 14.5. The van der Waals surface area contributed by atoms with Gasteiger partial charge in [-0.15, -0.1) is 0 Å². The highest BCUT2D eigenvalue weighted by atomic mass is 19.3. The first-order chi connectivity index (χ1) is 16.4. The second-order valence-electron chi connectivity index (χ2n) is 9.24. The fourth-order valence-corrected chi connectivity index (χ4v) is 4.81. The van der Waals surface area contributed by atoms with Gasteiger partial charge in [0.25, 0.3) is 0 Å². The highest BCUT2D eigenvalue weighted by molar-refractivity contribution is 5.64. The van der Waals surface area contributed by atoms with Gasteiger partial charge in [-0.3, -0.25) is 0 Å². The smallest absolute Gasteiger partial charge is 0.426 e. The standard InChI is InChI=1S/C28H26F4O2/c29-25-14-13-24(16-26(25)30)34-28(31,32)23-11-8-20(9-12-23)19-4-6-21(7-5-19)27-15-10-22(17-33-27)18-2-1-3-18/h4-9,11-14,16,18,22,27H,1-3,10,15,17H2. The zero-order valence-corrected chi connectivity index (χ0v) is 18.7. The van der Waals surface area contributed by atoms with Gasteiger partial charge in [-0.2, -0.15) is 8.78 Å². The molecule has 2 aliphatic rings. The molecule has 0 N–H and O–H groups in total. The Morgan fingerprint density at radius 1 is 0.735 bits per heavy atom. The predicted molar refractivity (Wildman–Crippen MR) is 122 cm³/mol. The van der Waals surface area contributed by atoms with E-state index in [0.29, 0.717) is 12.0 Å². The van der Waals surface area contributed by atoms with Crippen molar-refractivity contribution in [2.75, 3.05) is 6.61 Å². The predicted octanol–water partition coefficient (Wildman–Crippen LogP) is 8.03. The maximum atomic E-state index is 14.5. The molecule has 3 aromatic carbocycles. The lowest BCUT2D eigenvalue weighted by Gasteiger charge is -2.38. The molecule has 1 aliphatic heterocycles. The topological polar surface area (TPSA) is 18.5 Å². The lowest BCUT2D eigenvalue weighted by molar-refractivity contribution is -0.185. The molecule has 2 unspecified atom stereocenters. The summed E-state index contributed by atoms with van der Waals surface area (Å²) in [5.74, 6) is -1.27. The van der Waals surface area contributed by atoms with Crippen LogP contribution < -0.4 is 4.74 Å². The second-order valence-corrected chi connectivity index (χ2v) is 9.24. The zero-order valence-electron chi connectivity index (χ0n) is 18.7. The van der Waals surface area contributed by atoms with E-state index in [1.54, 1.807) is 12.1 Å². The molecule has 0 bridgehead atoms. The van der Waals surface area contributed by atoms with Crippen molar-refractivity contribution in [1.29, 1.82) is 0 Å². The highest BCUT2D eigenvalue weighted by Gasteiger charge is 2.35. The molecule has 0 aromatic heterocycles. The molecule has 2 nitrogen and oxygen atoms in total. The van der Waals surface area contributed by atoms with Crippen LogP contribution in [0.25, 0.3) is 11.1 Å². The first kappa shape index (κ1) is 22.9. The van der Waals surface area contributed by atoms with Crippen LogP contribution in [0.4, 0.5) is 17.6 Å². The summed E-state index contributed by atoms with van der Waals surface area (Å²) in [6.45, 7) is 0.833. The van der Waals surface area contributed by atoms with Crippen molar-refractivity contribution in [2.24, 2.45) is 11.8 Å². The molecule has 0 amide bonds. The Balaban J connectivity index is 1.23. The van der Waals surface area contributed by atoms with Gasteiger partial charge in [-0.05, 0) is 65.6 Å². The number of hydrogen-bond acceptors (Lipinski definition) is 2. The minimum atomic E-state index is -3.69. The van der Waals surface area contributed by atoms with Crippen LogP contribution in [0.5, 0.6) is 5.75 Å². The zero-order chi connectivity index (χ0) is 23.7. The Hall–Kier alpha value is -2.86. The van der Waals surface area contributed by atoms with E-state index in [1.807, 2.05) is 24.3 Å². The van der Waals surface area contributed by atoms with Gasteiger partial charge in [0.05, 0.1) is 18.3 Å². The van der Waals surface area contributed by atoms with Crippen molar-refractivity contribution in [1.82, 2.24) is 0 Å². The number of rotatable bonds is 6. The first-order valence-corrected chi connectivity index (χ1v) is 11.7. The summed E-state index contributed by atoms with van der Waals surface area (Å²) in [5, 5.41) is 0. The molecule has 34 heavy (non-hydrogen) atoms. The largest absolute Gasteiger partial charge is 0.429 e. The van der Waals surface area contributed by atoms with E-state index in [2.05, 4.69) is 4.74 Å². The molecule has 2 atom stereocenters. The molecule has 1 saturated carbocycles. The molecule has 0 radical (unpaired) electrons. The minimum absolute atomic E-state index is 0.111. The lowest BCUT2D eigenvalue weighted by Crippen LogP contribution is -2.30. The van der Waals surface area contributed by atoms with E-state index in [0.717, 1.165) is 47.8 Å². The van der Waals surface area contributed by atoms with Gasteiger partial charge in [0.15, 0.2) is 11.6 Å². The maximum Gasteiger partial charge on any atom is 0.426 e. The van der Waals surface area contributed by atoms with Crippen LogP contribution in [-0.2, 0) is 10.8 Å². The van der Waals surface area contributed by atoms with Crippen molar-refractivity contribution in [2.45, 2.75) is 44.3 Å². The van der Waals surface area contributed by atoms with Gasteiger partial charge in [0, 0.05) is 6.07 Å². The quantitative estimate of drug-likeness (QED) is 0.340. The van der Waals surface area contributed by atoms with E-state index in [-0.39, 0.29) is 11.7 Å². The third kappa shape index (κ3) is 4.83. The van der Waals surface area contributed by atoms with Crippen molar-refractivity contribution in [3.63, 3.8) is 0 Å².